The standard InChI is InChI=1S/C11H18N2/c1-8-5-6-9(7-13-8)10(12)11(2,3)4/h5-7,10H,12H2,1-4H3. The number of aromatic nitrogens is 1. The Morgan fingerprint density at radius 1 is 1.31 bits per heavy atom. The van der Waals surface area contributed by atoms with Gasteiger partial charge >= 0.3 is 0 Å². The highest BCUT2D eigenvalue weighted by molar-refractivity contribution is 5.18. The lowest BCUT2D eigenvalue weighted by Gasteiger charge is -2.27. The summed E-state index contributed by atoms with van der Waals surface area (Å²) in [6, 6.07) is 4.11. The summed E-state index contributed by atoms with van der Waals surface area (Å²) in [4.78, 5) is 4.23. The molecule has 0 bridgehead atoms. The molecule has 13 heavy (non-hydrogen) atoms. The van der Waals surface area contributed by atoms with E-state index in [9.17, 15) is 0 Å². The third-order valence-corrected chi connectivity index (χ3v) is 2.23. The predicted molar refractivity (Wildman–Crippen MR) is 55.4 cm³/mol. The van der Waals surface area contributed by atoms with Gasteiger partial charge in [0.25, 0.3) is 0 Å². The molecular weight excluding hydrogens is 160 g/mol. The Balaban J connectivity index is 2.90. The quantitative estimate of drug-likeness (QED) is 0.717. The molecule has 1 aromatic rings. The highest BCUT2D eigenvalue weighted by atomic mass is 14.7. The average Bonchev–Trinajstić information content (AvgIpc) is 2.03. The van der Waals surface area contributed by atoms with Crippen LogP contribution >= 0.6 is 0 Å². The average molecular weight is 178 g/mol. The number of aryl methyl sites for hydroxylation is 1. The van der Waals surface area contributed by atoms with E-state index in [0.717, 1.165) is 11.3 Å². The van der Waals surface area contributed by atoms with Crippen molar-refractivity contribution in [3.05, 3.63) is 29.6 Å². The van der Waals surface area contributed by atoms with Crippen LogP contribution in [0.15, 0.2) is 18.3 Å². The van der Waals surface area contributed by atoms with Crippen molar-refractivity contribution in [1.82, 2.24) is 4.98 Å². The number of pyridine rings is 1. The van der Waals surface area contributed by atoms with Crippen molar-refractivity contribution >= 4 is 0 Å². The fraction of sp³-hybridized carbons (Fsp3) is 0.545. The number of nitrogens with zero attached hydrogens (tertiary/aromatic N) is 1. The molecule has 0 saturated heterocycles. The zero-order valence-electron chi connectivity index (χ0n) is 8.83. The Labute approximate surface area is 80.2 Å². The smallest absolute Gasteiger partial charge is 0.0372 e. The lowest BCUT2D eigenvalue weighted by Crippen LogP contribution is -2.26. The van der Waals surface area contributed by atoms with Crippen molar-refractivity contribution in [3.8, 4) is 0 Å². The number of hydrogen-bond donors (Lipinski definition) is 1. The van der Waals surface area contributed by atoms with Crippen LogP contribution in [0.3, 0.4) is 0 Å². The minimum Gasteiger partial charge on any atom is -0.323 e. The van der Waals surface area contributed by atoms with Gasteiger partial charge in [0, 0.05) is 17.9 Å². The van der Waals surface area contributed by atoms with E-state index in [-0.39, 0.29) is 11.5 Å². The van der Waals surface area contributed by atoms with E-state index in [4.69, 9.17) is 5.73 Å². The first-order valence-electron chi connectivity index (χ1n) is 4.59. The maximum Gasteiger partial charge on any atom is 0.0372 e. The van der Waals surface area contributed by atoms with Crippen LogP contribution in [-0.4, -0.2) is 4.98 Å². The zero-order chi connectivity index (χ0) is 10.1. The van der Waals surface area contributed by atoms with Crippen LogP contribution in [0.1, 0.15) is 38.1 Å². The van der Waals surface area contributed by atoms with Gasteiger partial charge in [-0.1, -0.05) is 26.8 Å². The maximum absolute atomic E-state index is 6.08. The van der Waals surface area contributed by atoms with Gasteiger partial charge in [-0.2, -0.15) is 0 Å². The predicted octanol–water partition coefficient (Wildman–Crippen LogP) is 2.44. The van der Waals surface area contributed by atoms with E-state index in [0.29, 0.717) is 0 Å². The van der Waals surface area contributed by atoms with Gasteiger partial charge < -0.3 is 5.73 Å². The largest absolute Gasteiger partial charge is 0.323 e. The highest BCUT2D eigenvalue weighted by Crippen LogP contribution is 2.29. The van der Waals surface area contributed by atoms with E-state index in [1.54, 1.807) is 0 Å². The van der Waals surface area contributed by atoms with Gasteiger partial charge in [0.2, 0.25) is 0 Å². The molecule has 1 rings (SSSR count). The SMILES string of the molecule is Cc1ccc(C(N)C(C)(C)C)cn1. The Hall–Kier alpha value is -0.890. The summed E-state index contributed by atoms with van der Waals surface area (Å²) in [6.45, 7) is 8.39. The second kappa shape index (κ2) is 3.46. The molecule has 0 spiro atoms. The molecule has 0 fully saturated rings. The number of nitrogens with two attached hydrogens (primary N) is 1. The van der Waals surface area contributed by atoms with E-state index in [1.165, 1.54) is 0 Å². The third-order valence-electron chi connectivity index (χ3n) is 2.23. The Morgan fingerprint density at radius 2 is 1.92 bits per heavy atom. The Kier molecular flexibility index (Phi) is 2.71. The molecule has 72 valence electrons. The van der Waals surface area contributed by atoms with Crippen molar-refractivity contribution in [1.29, 1.82) is 0 Å². The Bertz CT molecular complexity index is 269. The topological polar surface area (TPSA) is 38.9 Å². The summed E-state index contributed by atoms with van der Waals surface area (Å²) in [7, 11) is 0. The summed E-state index contributed by atoms with van der Waals surface area (Å²) >= 11 is 0. The van der Waals surface area contributed by atoms with Crippen LogP contribution in [0.5, 0.6) is 0 Å². The molecule has 2 heteroatoms. The van der Waals surface area contributed by atoms with Crippen molar-refractivity contribution in [2.24, 2.45) is 11.1 Å². The second-order valence-corrected chi connectivity index (χ2v) is 4.58. The molecule has 0 saturated carbocycles. The molecule has 2 N–H and O–H groups in total. The number of hydrogen-bond acceptors (Lipinski definition) is 2. The van der Waals surface area contributed by atoms with Gasteiger partial charge in [-0.15, -0.1) is 0 Å². The van der Waals surface area contributed by atoms with Crippen LogP contribution in [0.4, 0.5) is 0 Å². The summed E-state index contributed by atoms with van der Waals surface area (Å²) in [5, 5.41) is 0. The molecule has 1 unspecified atom stereocenters. The van der Waals surface area contributed by atoms with Gasteiger partial charge in [0.1, 0.15) is 0 Å². The normalized spacial score (nSPS) is 14.2. The van der Waals surface area contributed by atoms with E-state index < -0.39 is 0 Å². The molecule has 0 aliphatic rings. The van der Waals surface area contributed by atoms with Crippen LogP contribution in [-0.2, 0) is 0 Å². The molecule has 2 nitrogen and oxygen atoms in total. The Morgan fingerprint density at radius 3 is 2.31 bits per heavy atom. The molecule has 0 aliphatic heterocycles. The first kappa shape index (κ1) is 10.2. The van der Waals surface area contributed by atoms with Crippen molar-refractivity contribution < 1.29 is 0 Å². The summed E-state index contributed by atoms with van der Waals surface area (Å²) in [5.41, 5.74) is 8.32. The molecule has 1 heterocycles. The molecule has 0 aliphatic carbocycles. The summed E-state index contributed by atoms with van der Waals surface area (Å²) < 4.78 is 0. The monoisotopic (exact) mass is 178 g/mol. The van der Waals surface area contributed by atoms with Gasteiger partial charge in [-0.3, -0.25) is 4.98 Å². The van der Waals surface area contributed by atoms with E-state index >= 15 is 0 Å². The molecule has 1 atom stereocenters. The van der Waals surface area contributed by atoms with Crippen molar-refractivity contribution in [2.75, 3.05) is 0 Å². The van der Waals surface area contributed by atoms with Crippen LogP contribution in [0.25, 0.3) is 0 Å². The zero-order valence-corrected chi connectivity index (χ0v) is 8.83. The minimum atomic E-state index is 0.0561. The summed E-state index contributed by atoms with van der Waals surface area (Å²) in [5.74, 6) is 0. The van der Waals surface area contributed by atoms with Crippen molar-refractivity contribution in [3.63, 3.8) is 0 Å². The van der Waals surface area contributed by atoms with Gasteiger partial charge in [0.05, 0.1) is 0 Å². The molecule has 0 aromatic carbocycles. The van der Waals surface area contributed by atoms with Crippen LogP contribution in [0, 0.1) is 12.3 Å². The van der Waals surface area contributed by atoms with Crippen LogP contribution < -0.4 is 5.73 Å². The lowest BCUT2D eigenvalue weighted by atomic mass is 9.84. The fourth-order valence-corrected chi connectivity index (χ4v) is 1.16. The number of rotatable bonds is 1. The molecule has 0 radical (unpaired) electrons. The first-order chi connectivity index (χ1) is 5.91. The minimum absolute atomic E-state index is 0.0561. The van der Waals surface area contributed by atoms with E-state index in [1.807, 2.05) is 19.2 Å². The molecule has 0 amide bonds. The second-order valence-electron chi connectivity index (χ2n) is 4.58. The molecular formula is C11H18N2. The van der Waals surface area contributed by atoms with Gasteiger partial charge in [-0.05, 0) is 24.0 Å². The first-order valence-corrected chi connectivity index (χ1v) is 4.59. The van der Waals surface area contributed by atoms with E-state index in [2.05, 4.69) is 31.8 Å². The highest BCUT2D eigenvalue weighted by Gasteiger charge is 2.22. The van der Waals surface area contributed by atoms with Crippen molar-refractivity contribution in [2.45, 2.75) is 33.7 Å². The molecule has 1 aromatic heterocycles. The maximum atomic E-state index is 6.08. The summed E-state index contributed by atoms with van der Waals surface area (Å²) in [6.07, 6.45) is 1.87. The van der Waals surface area contributed by atoms with Crippen LogP contribution in [0.2, 0.25) is 0 Å². The van der Waals surface area contributed by atoms with Gasteiger partial charge in [0.15, 0.2) is 0 Å². The lowest BCUT2D eigenvalue weighted by molar-refractivity contribution is 0.326. The van der Waals surface area contributed by atoms with Gasteiger partial charge in [-0.25, -0.2) is 0 Å². The fourth-order valence-electron chi connectivity index (χ4n) is 1.16. The third kappa shape index (κ3) is 2.52.